The van der Waals surface area contributed by atoms with Gasteiger partial charge in [0.15, 0.2) is 6.61 Å². The first-order valence-electron chi connectivity index (χ1n) is 9.26. The van der Waals surface area contributed by atoms with E-state index in [1.165, 1.54) is 18.4 Å². The molecule has 0 bridgehead atoms. The lowest BCUT2D eigenvalue weighted by atomic mass is 9.99. The van der Waals surface area contributed by atoms with Crippen LogP contribution < -0.4 is 10.1 Å². The lowest BCUT2D eigenvalue weighted by Gasteiger charge is -2.11. The van der Waals surface area contributed by atoms with Gasteiger partial charge in [0.1, 0.15) is 16.3 Å². The summed E-state index contributed by atoms with van der Waals surface area (Å²) >= 11 is 7.22. The summed E-state index contributed by atoms with van der Waals surface area (Å²) in [5.41, 5.74) is 5.06. The van der Waals surface area contributed by atoms with Crippen LogP contribution in [0.2, 0.25) is 5.02 Å². The highest BCUT2D eigenvalue weighted by Gasteiger charge is 2.22. The zero-order valence-electron chi connectivity index (χ0n) is 17.2. The number of anilines is 1. The van der Waals surface area contributed by atoms with Gasteiger partial charge in [0.2, 0.25) is 0 Å². The van der Waals surface area contributed by atoms with Gasteiger partial charge in [-0.25, -0.2) is 4.79 Å². The van der Waals surface area contributed by atoms with Crippen LogP contribution in [0.4, 0.5) is 5.00 Å². The van der Waals surface area contributed by atoms with Gasteiger partial charge < -0.3 is 14.8 Å². The zero-order valence-corrected chi connectivity index (χ0v) is 18.7. The normalized spacial score (nSPS) is 10.6. The van der Waals surface area contributed by atoms with Crippen LogP contribution in [0.5, 0.6) is 5.75 Å². The molecule has 0 unspecified atom stereocenters. The molecule has 0 radical (unpaired) electrons. The standard InChI is InChI=1S/C23H22ClNO4S/c1-13-5-6-16(9-14(13)2)18-12-30-22(21(18)23(27)28-4)25-20(26)11-29-19-8-7-17(24)10-15(19)3/h5-10,12H,11H2,1-4H3,(H,25,26). The van der Waals surface area contributed by atoms with Gasteiger partial charge in [-0.05, 0) is 61.2 Å². The highest BCUT2D eigenvalue weighted by Crippen LogP contribution is 2.36. The molecule has 0 fully saturated rings. The van der Waals surface area contributed by atoms with Crippen molar-refractivity contribution in [2.45, 2.75) is 20.8 Å². The average molecular weight is 444 g/mol. The minimum absolute atomic E-state index is 0.194. The summed E-state index contributed by atoms with van der Waals surface area (Å²) in [4.78, 5) is 24.9. The maximum Gasteiger partial charge on any atom is 0.341 e. The number of esters is 1. The van der Waals surface area contributed by atoms with Crippen LogP contribution in [0.15, 0.2) is 41.8 Å². The smallest absolute Gasteiger partial charge is 0.341 e. The fourth-order valence-corrected chi connectivity index (χ4v) is 4.16. The molecule has 1 aromatic heterocycles. The molecule has 156 valence electrons. The number of thiophene rings is 1. The Hall–Kier alpha value is -2.83. The molecule has 5 nitrogen and oxygen atoms in total. The molecule has 1 N–H and O–H groups in total. The van der Waals surface area contributed by atoms with Gasteiger partial charge in [-0.1, -0.05) is 29.8 Å². The van der Waals surface area contributed by atoms with E-state index in [1.807, 2.05) is 44.4 Å². The number of carbonyl (C=O) groups is 2. The van der Waals surface area contributed by atoms with Gasteiger partial charge in [0.25, 0.3) is 5.91 Å². The Morgan fingerprint density at radius 3 is 2.47 bits per heavy atom. The summed E-state index contributed by atoms with van der Waals surface area (Å²) in [6, 6.07) is 11.2. The van der Waals surface area contributed by atoms with E-state index in [1.54, 1.807) is 18.2 Å². The molecule has 7 heteroatoms. The number of hydrogen-bond donors (Lipinski definition) is 1. The van der Waals surface area contributed by atoms with Crippen molar-refractivity contribution in [3.63, 3.8) is 0 Å². The first-order valence-corrected chi connectivity index (χ1v) is 10.5. The monoisotopic (exact) mass is 443 g/mol. The van der Waals surface area contributed by atoms with Gasteiger partial charge in [-0.15, -0.1) is 11.3 Å². The van der Waals surface area contributed by atoms with E-state index >= 15 is 0 Å². The zero-order chi connectivity index (χ0) is 21.8. The molecule has 0 aliphatic carbocycles. The van der Waals surface area contributed by atoms with Crippen LogP contribution in [0.1, 0.15) is 27.0 Å². The number of amides is 1. The van der Waals surface area contributed by atoms with Crippen LogP contribution in [0.3, 0.4) is 0 Å². The van der Waals surface area contributed by atoms with Crippen molar-refractivity contribution in [3.8, 4) is 16.9 Å². The topological polar surface area (TPSA) is 64.6 Å². The number of methoxy groups -OCH3 is 1. The van der Waals surface area contributed by atoms with Gasteiger partial charge in [0.05, 0.1) is 7.11 Å². The summed E-state index contributed by atoms with van der Waals surface area (Å²) in [6.07, 6.45) is 0. The minimum Gasteiger partial charge on any atom is -0.483 e. The van der Waals surface area contributed by atoms with Crippen LogP contribution in [-0.4, -0.2) is 25.6 Å². The number of halogens is 1. The molecule has 0 spiro atoms. The number of hydrogen-bond acceptors (Lipinski definition) is 5. The van der Waals surface area contributed by atoms with E-state index in [0.717, 1.165) is 27.8 Å². The predicted octanol–water partition coefficient (Wildman–Crippen LogP) is 5.80. The van der Waals surface area contributed by atoms with E-state index in [2.05, 4.69) is 5.32 Å². The van der Waals surface area contributed by atoms with Crippen molar-refractivity contribution in [2.24, 2.45) is 0 Å². The second-order valence-corrected chi connectivity index (χ2v) is 8.21. The Morgan fingerprint density at radius 1 is 1.03 bits per heavy atom. The van der Waals surface area contributed by atoms with Crippen LogP contribution in [0.25, 0.3) is 11.1 Å². The summed E-state index contributed by atoms with van der Waals surface area (Å²) in [7, 11) is 1.32. The lowest BCUT2D eigenvalue weighted by Crippen LogP contribution is -2.21. The molecule has 0 aliphatic rings. The Labute approximate surface area is 184 Å². The second kappa shape index (κ2) is 9.32. The largest absolute Gasteiger partial charge is 0.483 e. The third-order valence-electron chi connectivity index (χ3n) is 4.75. The maximum atomic E-state index is 12.5. The lowest BCUT2D eigenvalue weighted by molar-refractivity contribution is -0.118. The SMILES string of the molecule is COC(=O)c1c(-c2ccc(C)c(C)c2)csc1NC(=O)COc1ccc(Cl)cc1C. The van der Waals surface area contributed by atoms with Crippen molar-refractivity contribution in [1.82, 2.24) is 0 Å². The van der Waals surface area contributed by atoms with Gasteiger partial charge in [-0.3, -0.25) is 4.79 Å². The van der Waals surface area contributed by atoms with Crippen LogP contribution in [0, 0.1) is 20.8 Å². The number of carbonyl (C=O) groups excluding carboxylic acids is 2. The fraction of sp³-hybridized carbons (Fsp3) is 0.217. The molecule has 1 heterocycles. The molecular formula is C23H22ClNO4S. The van der Waals surface area contributed by atoms with E-state index in [-0.39, 0.29) is 12.5 Å². The quantitative estimate of drug-likeness (QED) is 0.489. The van der Waals surface area contributed by atoms with E-state index in [0.29, 0.717) is 21.3 Å². The molecular weight excluding hydrogens is 422 g/mol. The molecule has 0 saturated heterocycles. The number of benzene rings is 2. The van der Waals surface area contributed by atoms with Gasteiger partial charge in [-0.2, -0.15) is 0 Å². The number of rotatable bonds is 6. The maximum absolute atomic E-state index is 12.5. The first-order chi connectivity index (χ1) is 14.3. The molecule has 3 rings (SSSR count). The molecule has 0 saturated carbocycles. The van der Waals surface area contributed by atoms with E-state index in [9.17, 15) is 9.59 Å². The molecule has 0 atom stereocenters. The van der Waals surface area contributed by atoms with Crippen molar-refractivity contribution in [2.75, 3.05) is 19.0 Å². The molecule has 30 heavy (non-hydrogen) atoms. The van der Waals surface area contributed by atoms with Crippen molar-refractivity contribution in [3.05, 3.63) is 69.1 Å². The summed E-state index contributed by atoms with van der Waals surface area (Å²) in [5, 5.41) is 5.64. The second-order valence-electron chi connectivity index (χ2n) is 6.89. The van der Waals surface area contributed by atoms with Gasteiger partial charge in [0, 0.05) is 16.0 Å². The molecule has 0 aliphatic heterocycles. The minimum atomic E-state index is -0.505. The van der Waals surface area contributed by atoms with E-state index < -0.39 is 5.97 Å². The number of ether oxygens (including phenoxy) is 2. The highest BCUT2D eigenvalue weighted by atomic mass is 35.5. The number of aryl methyl sites for hydroxylation is 3. The average Bonchev–Trinajstić information content (AvgIpc) is 3.12. The van der Waals surface area contributed by atoms with Crippen LogP contribution >= 0.6 is 22.9 Å². The summed E-state index contributed by atoms with van der Waals surface area (Å²) < 4.78 is 10.6. The number of nitrogens with one attached hydrogen (secondary N) is 1. The summed E-state index contributed by atoms with van der Waals surface area (Å²) in [6.45, 7) is 5.70. The molecule has 1 amide bonds. The Kier molecular flexibility index (Phi) is 6.80. The van der Waals surface area contributed by atoms with Crippen LogP contribution in [-0.2, 0) is 9.53 Å². The summed E-state index contributed by atoms with van der Waals surface area (Å²) in [5.74, 6) is -0.304. The van der Waals surface area contributed by atoms with Crippen molar-refractivity contribution >= 4 is 39.8 Å². The predicted molar refractivity (Wildman–Crippen MR) is 121 cm³/mol. The molecule has 3 aromatic rings. The highest BCUT2D eigenvalue weighted by molar-refractivity contribution is 7.15. The van der Waals surface area contributed by atoms with E-state index in [4.69, 9.17) is 21.1 Å². The van der Waals surface area contributed by atoms with Gasteiger partial charge >= 0.3 is 5.97 Å². The Balaban J connectivity index is 1.81. The molecule has 2 aromatic carbocycles. The third kappa shape index (κ3) is 4.83. The van der Waals surface area contributed by atoms with Crippen molar-refractivity contribution in [1.29, 1.82) is 0 Å². The third-order valence-corrected chi connectivity index (χ3v) is 5.88. The Morgan fingerprint density at radius 2 is 1.80 bits per heavy atom. The Bertz CT molecular complexity index is 1110. The van der Waals surface area contributed by atoms with Crippen molar-refractivity contribution < 1.29 is 19.1 Å². The fourth-order valence-electron chi connectivity index (χ4n) is 2.96. The first kappa shape index (κ1) is 21.9.